The Balaban J connectivity index is 1.93. The van der Waals surface area contributed by atoms with Crippen LogP contribution in [0.1, 0.15) is 26.7 Å². The molecule has 1 aliphatic heterocycles. The van der Waals surface area contributed by atoms with E-state index in [0.717, 1.165) is 12.8 Å². The second-order valence-corrected chi connectivity index (χ2v) is 8.05. The van der Waals surface area contributed by atoms with Gasteiger partial charge in [0.1, 0.15) is 0 Å². The molecule has 1 aliphatic rings. The van der Waals surface area contributed by atoms with Crippen molar-refractivity contribution in [3.63, 3.8) is 0 Å². The molecule has 1 aromatic rings. The van der Waals surface area contributed by atoms with Gasteiger partial charge in [-0.05, 0) is 30.9 Å². The van der Waals surface area contributed by atoms with Crippen molar-refractivity contribution < 1.29 is 13.2 Å². The summed E-state index contributed by atoms with van der Waals surface area (Å²) in [6.07, 6.45) is 1.54. The molecule has 0 unspecified atom stereocenters. The van der Waals surface area contributed by atoms with E-state index in [1.807, 2.05) is 24.8 Å². The molecular weight excluding hydrogens is 286 g/mol. The Morgan fingerprint density at radius 2 is 1.76 bits per heavy atom. The maximum absolute atomic E-state index is 12.3. The maximum Gasteiger partial charge on any atom is 0.225 e. The fourth-order valence-electron chi connectivity index (χ4n) is 2.72. The third-order valence-corrected chi connectivity index (χ3v) is 5.88. The summed E-state index contributed by atoms with van der Waals surface area (Å²) in [7, 11) is -3.22. The predicted octanol–water partition coefficient (Wildman–Crippen LogP) is 2.35. The van der Waals surface area contributed by atoms with Crippen molar-refractivity contribution in [2.75, 3.05) is 18.8 Å². The molecule has 0 radical (unpaired) electrons. The van der Waals surface area contributed by atoms with Gasteiger partial charge in [0.2, 0.25) is 5.91 Å². The highest BCUT2D eigenvalue weighted by atomic mass is 32.2. The highest BCUT2D eigenvalue weighted by Gasteiger charge is 2.28. The average molecular weight is 309 g/mol. The number of hydrogen-bond acceptors (Lipinski definition) is 3. The Hall–Kier alpha value is -1.36. The van der Waals surface area contributed by atoms with Crippen LogP contribution in [0.2, 0.25) is 0 Å². The third kappa shape index (κ3) is 4.06. The quantitative estimate of drug-likeness (QED) is 0.858. The number of sulfone groups is 1. The van der Waals surface area contributed by atoms with E-state index in [4.69, 9.17) is 0 Å². The van der Waals surface area contributed by atoms with Crippen LogP contribution >= 0.6 is 0 Å². The van der Waals surface area contributed by atoms with E-state index in [0.29, 0.717) is 18.0 Å². The predicted molar refractivity (Wildman–Crippen MR) is 82.6 cm³/mol. The van der Waals surface area contributed by atoms with Gasteiger partial charge in [-0.25, -0.2) is 8.42 Å². The number of carbonyl (C=O) groups is 1. The lowest BCUT2D eigenvalue weighted by Gasteiger charge is -2.33. The van der Waals surface area contributed by atoms with Crippen molar-refractivity contribution in [3.8, 4) is 0 Å². The summed E-state index contributed by atoms with van der Waals surface area (Å²) < 4.78 is 24.7. The normalized spacial score (nSPS) is 17.2. The smallest absolute Gasteiger partial charge is 0.225 e. The average Bonchev–Trinajstić information content (AvgIpc) is 2.48. The SMILES string of the molecule is CC(C)C(=O)N1CCC(CS(=O)(=O)c2ccccc2)CC1. The van der Waals surface area contributed by atoms with Gasteiger partial charge in [0, 0.05) is 19.0 Å². The summed E-state index contributed by atoms with van der Waals surface area (Å²) in [5.74, 6) is 0.501. The Morgan fingerprint density at radius 3 is 2.29 bits per heavy atom. The van der Waals surface area contributed by atoms with E-state index in [1.165, 1.54) is 0 Å². The van der Waals surface area contributed by atoms with Gasteiger partial charge in [-0.15, -0.1) is 0 Å². The Morgan fingerprint density at radius 1 is 1.19 bits per heavy atom. The molecule has 0 spiro atoms. The number of carbonyl (C=O) groups excluding carboxylic acids is 1. The molecule has 2 rings (SSSR count). The summed E-state index contributed by atoms with van der Waals surface area (Å²) in [6, 6.07) is 8.60. The van der Waals surface area contributed by atoms with Crippen molar-refractivity contribution in [2.24, 2.45) is 11.8 Å². The van der Waals surface area contributed by atoms with Gasteiger partial charge in [-0.1, -0.05) is 32.0 Å². The lowest BCUT2D eigenvalue weighted by molar-refractivity contribution is -0.135. The van der Waals surface area contributed by atoms with E-state index >= 15 is 0 Å². The van der Waals surface area contributed by atoms with E-state index in [9.17, 15) is 13.2 Å². The fraction of sp³-hybridized carbons (Fsp3) is 0.562. The van der Waals surface area contributed by atoms with Crippen LogP contribution in [0.4, 0.5) is 0 Å². The molecule has 4 nitrogen and oxygen atoms in total. The van der Waals surface area contributed by atoms with Gasteiger partial charge in [-0.2, -0.15) is 0 Å². The maximum atomic E-state index is 12.3. The van der Waals surface area contributed by atoms with E-state index < -0.39 is 9.84 Å². The summed E-state index contributed by atoms with van der Waals surface area (Å²) >= 11 is 0. The van der Waals surface area contributed by atoms with E-state index in [-0.39, 0.29) is 23.5 Å². The first-order chi connectivity index (χ1) is 9.90. The molecule has 1 saturated heterocycles. The molecule has 1 heterocycles. The molecule has 1 amide bonds. The minimum atomic E-state index is -3.22. The van der Waals surface area contributed by atoms with Gasteiger partial charge in [0.25, 0.3) is 0 Å². The number of nitrogens with zero attached hydrogens (tertiary/aromatic N) is 1. The van der Waals surface area contributed by atoms with Crippen molar-refractivity contribution in [2.45, 2.75) is 31.6 Å². The number of piperidine rings is 1. The van der Waals surface area contributed by atoms with Crippen molar-refractivity contribution in [1.29, 1.82) is 0 Å². The van der Waals surface area contributed by atoms with Crippen molar-refractivity contribution in [1.82, 2.24) is 4.90 Å². The van der Waals surface area contributed by atoms with Crippen LogP contribution in [0.15, 0.2) is 35.2 Å². The molecule has 21 heavy (non-hydrogen) atoms. The molecule has 0 aromatic heterocycles. The third-order valence-electron chi connectivity index (χ3n) is 3.98. The minimum absolute atomic E-state index is 0.00889. The summed E-state index contributed by atoms with van der Waals surface area (Å²) in [6.45, 7) is 5.14. The second-order valence-electron chi connectivity index (χ2n) is 6.02. The van der Waals surface area contributed by atoms with Gasteiger partial charge in [-0.3, -0.25) is 4.79 Å². The molecule has 0 saturated carbocycles. The fourth-order valence-corrected chi connectivity index (χ4v) is 4.44. The molecule has 116 valence electrons. The number of likely N-dealkylation sites (tertiary alicyclic amines) is 1. The molecule has 1 fully saturated rings. The molecule has 0 N–H and O–H groups in total. The Bertz CT molecular complexity index is 573. The van der Waals surface area contributed by atoms with E-state index in [2.05, 4.69) is 0 Å². The highest BCUT2D eigenvalue weighted by molar-refractivity contribution is 7.91. The number of benzene rings is 1. The first-order valence-electron chi connectivity index (χ1n) is 7.47. The first kappa shape index (κ1) is 16.0. The summed E-state index contributed by atoms with van der Waals surface area (Å²) in [5, 5.41) is 0. The lowest BCUT2D eigenvalue weighted by atomic mass is 9.98. The van der Waals surface area contributed by atoms with Gasteiger partial charge >= 0.3 is 0 Å². The molecule has 0 atom stereocenters. The molecule has 5 heteroatoms. The monoisotopic (exact) mass is 309 g/mol. The number of hydrogen-bond donors (Lipinski definition) is 0. The van der Waals surface area contributed by atoms with Crippen LogP contribution in [0.5, 0.6) is 0 Å². The molecule has 0 aliphatic carbocycles. The second kappa shape index (κ2) is 6.60. The van der Waals surface area contributed by atoms with Crippen LogP contribution in [0.25, 0.3) is 0 Å². The topological polar surface area (TPSA) is 54.5 Å². The standard InChI is InChI=1S/C16H23NO3S/c1-13(2)16(18)17-10-8-14(9-11-17)12-21(19,20)15-6-4-3-5-7-15/h3-7,13-14H,8-12H2,1-2H3. The largest absolute Gasteiger partial charge is 0.342 e. The van der Waals surface area contributed by atoms with Gasteiger partial charge < -0.3 is 4.90 Å². The number of amides is 1. The van der Waals surface area contributed by atoms with Crippen LogP contribution in [0, 0.1) is 11.8 Å². The Kier molecular flexibility index (Phi) is 5.04. The van der Waals surface area contributed by atoms with Crippen LogP contribution < -0.4 is 0 Å². The zero-order valence-corrected chi connectivity index (χ0v) is 13.5. The van der Waals surface area contributed by atoms with Crippen LogP contribution in [0.3, 0.4) is 0 Å². The highest BCUT2D eigenvalue weighted by Crippen LogP contribution is 2.23. The zero-order valence-electron chi connectivity index (χ0n) is 12.7. The summed E-state index contributed by atoms with van der Waals surface area (Å²) in [4.78, 5) is 14.2. The van der Waals surface area contributed by atoms with Crippen LogP contribution in [-0.2, 0) is 14.6 Å². The lowest BCUT2D eigenvalue weighted by Crippen LogP contribution is -2.41. The first-order valence-corrected chi connectivity index (χ1v) is 9.12. The van der Waals surface area contributed by atoms with Crippen molar-refractivity contribution in [3.05, 3.63) is 30.3 Å². The van der Waals surface area contributed by atoms with Crippen molar-refractivity contribution >= 4 is 15.7 Å². The summed E-state index contributed by atoms with van der Waals surface area (Å²) in [5.41, 5.74) is 0. The van der Waals surface area contributed by atoms with E-state index in [1.54, 1.807) is 24.3 Å². The molecule has 0 bridgehead atoms. The minimum Gasteiger partial charge on any atom is -0.342 e. The zero-order chi connectivity index (χ0) is 15.5. The van der Waals surface area contributed by atoms with Gasteiger partial charge in [0.05, 0.1) is 10.6 Å². The van der Waals surface area contributed by atoms with Crippen LogP contribution in [-0.4, -0.2) is 38.1 Å². The number of rotatable bonds is 4. The van der Waals surface area contributed by atoms with Gasteiger partial charge in [0.15, 0.2) is 9.84 Å². The molecule has 1 aromatic carbocycles. The molecular formula is C16H23NO3S. The Labute approximate surface area is 127 Å².